The third kappa shape index (κ3) is 32.4. The predicted molar refractivity (Wildman–Crippen MR) is 106 cm³/mol. The van der Waals surface area contributed by atoms with Gasteiger partial charge in [0.15, 0.2) is 0 Å². The molecule has 3 nitrogen and oxygen atoms in total. The summed E-state index contributed by atoms with van der Waals surface area (Å²) in [6.07, 6.45) is 13.7. The third-order valence-electron chi connectivity index (χ3n) is 2.92. The Morgan fingerprint density at radius 3 is 1.88 bits per heavy atom. The average molecular weight is 339 g/mol. The van der Waals surface area contributed by atoms with Gasteiger partial charge < -0.3 is 10.2 Å². The first-order valence-corrected chi connectivity index (χ1v) is 8.50. The van der Waals surface area contributed by atoms with Gasteiger partial charge in [0.2, 0.25) is 0 Å². The van der Waals surface area contributed by atoms with Crippen molar-refractivity contribution in [2.45, 2.75) is 73.1 Å². The second kappa shape index (κ2) is 21.4. The Hall–Kier alpha value is -1.61. The van der Waals surface area contributed by atoms with E-state index in [0.29, 0.717) is 6.42 Å². The Morgan fingerprint density at radius 1 is 0.917 bits per heavy atom. The molecule has 0 saturated heterocycles. The van der Waals surface area contributed by atoms with Crippen LogP contribution >= 0.6 is 0 Å². The minimum Gasteiger partial charge on any atom is -0.481 e. The van der Waals surface area contributed by atoms with Crippen LogP contribution in [0.15, 0.2) is 47.6 Å². The quantitative estimate of drug-likeness (QED) is 0.501. The number of carbonyl (C=O) groups is 1. The molecule has 3 heteroatoms. The lowest BCUT2D eigenvalue weighted by Gasteiger charge is -1.98. The summed E-state index contributed by atoms with van der Waals surface area (Å²) in [5.41, 5.74) is 3.88. The number of aliphatic carboxylic acids is 1. The largest absolute Gasteiger partial charge is 0.481 e. The van der Waals surface area contributed by atoms with Crippen molar-refractivity contribution in [1.29, 1.82) is 0 Å². The molecule has 0 aliphatic heterocycles. The fourth-order valence-electron chi connectivity index (χ4n) is 1.63. The molecular weight excluding hydrogens is 300 g/mol. The SMILES string of the molecule is C=C(C)CCC=CC.CC(C)=CCC/C(C)=C/CCC(=O)O.CO. The normalized spacial score (nSPS) is 10.2. The van der Waals surface area contributed by atoms with Gasteiger partial charge in [-0.15, -0.1) is 6.58 Å². The molecule has 0 atom stereocenters. The molecule has 0 spiro atoms. The van der Waals surface area contributed by atoms with Gasteiger partial charge in [-0.3, -0.25) is 4.79 Å². The zero-order valence-corrected chi connectivity index (χ0v) is 16.6. The summed E-state index contributed by atoms with van der Waals surface area (Å²) in [6.45, 7) is 14.1. The number of aliphatic hydroxyl groups is 1. The van der Waals surface area contributed by atoms with E-state index in [1.807, 2.05) is 13.0 Å². The van der Waals surface area contributed by atoms with Crippen LogP contribution in [0.3, 0.4) is 0 Å². The van der Waals surface area contributed by atoms with E-state index in [2.05, 4.69) is 52.5 Å². The summed E-state index contributed by atoms with van der Waals surface area (Å²) in [5, 5.41) is 15.4. The molecule has 0 heterocycles. The van der Waals surface area contributed by atoms with E-state index in [1.54, 1.807) is 0 Å². The Labute approximate surface area is 149 Å². The first-order chi connectivity index (χ1) is 11.3. The topological polar surface area (TPSA) is 57.5 Å². The van der Waals surface area contributed by atoms with Gasteiger partial charge in [-0.1, -0.05) is 41.0 Å². The fourth-order valence-corrected chi connectivity index (χ4v) is 1.63. The Bertz CT molecular complexity index is 397. The molecule has 0 amide bonds. The van der Waals surface area contributed by atoms with E-state index in [0.717, 1.165) is 32.8 Å². The van der Waals surface area contributed by atoms with Crippen LogP contribution in [0.1, 0.15) is 73.1 Å². The van der Waals surface area contributed by atoms with Crippen molar-refractivity contribution in [1.82, 2.24) is 0 Å². The Balaban J connectivity index is -0.000000374. The summed E-state index contributed by atoms with van der Waals surface area (Å²) in [5.74, 6) is -0.724. The summed E-state index contributed by atoms with van der Waals surface area (Å²) in [6, 6.07) is 0. The van der Waals surface area contributed by atoms with Crippen LogP contribution in [0, 0.1) is 0 Å². The van der Waals surface area contributed by atoms with Crippen LogP contribution in [-0.4, -0.2) is 23.3 Å². The number of aliphatic hydroxyl groups excluding tert-OH is 1. The average Bonchev–Trinajstić information content (AvgIpc) is 2.49. The third-order valence-corrected chi connectivity index (χ3v) is 2.92. The molecule has 0 saturated carbocycles. The Morgan fingerprint density at radius 2 is 1.46 bits per heavy atom. The highest BCUT2D eigenvalue weighted by atomic mass is 16.4. The summed E-state index contributed by atoms with van der Waals surface area (Å²) < 4.78 is 0. The number of allylic oxidation sites excluding steroid dienone is 7. The van der Waals surface area contributed by atoms with Gasteiger partial charge in [0.1, 0.15) is 0 Å². The number of rotatable bonds is 9. The molecule has 140 valence electrons. The number of hydrogen-bond acceptors (Lipinski definition) is 2. The molecular formula is C21H38O3. The van der Waals surface area contributed by atoms with Crippen molar-refractivity contribution in [2.24, 2.45) is 0 Å². The second-order valence-corrected chi connectivity index (χ2v) is 5.87. The van der Waals surface area contributed by atoms with Gasteiger partial charge >= 0.3 is 5.97 Å². The number of carboxylic acid groups (broad SMARTS) is 1. The van der Waals surface area contributed by atoms with Crippen LogP contribution in [0.4, 0.5) is 0 Å². The lowest BCUT2D eigenvalue weighted by atomic mass is 10.1. The van der Waals surface area contributed by atoms with Gasteiger partial charge in [0, 0.05) is 13.5 Å². The van der Waals surface area contributed by atoms with Crippen molar-refractivity contribution in [2.75, 3.05) is 7.11 Å². The number of hydrogen-bond donors (Lipinski definition) is 2. The molecule has 0 bridgehead atoms. The number of carboxylic acids is 1. The van der Waals surface area contributed by atoms with Crippen molar-refractivity contribution in [3.05, 3.63) is 47.6 Å². The molecule has 0 aromatic heterocycles. The zero-order valence-electron chi connectivity index (χ0n) is 16.6. The van der Waals surface area contributed by atoms with E-state index < -0.39 is 5.97 Å². The minimum atomic E-state index is -0.724. The van der Waals surface area contributed by atoms with Crippen LogP contribution in [0.5, 0.6) is 0 Å². The molecule has 0 aliphatic rings. The van der Waals surface area contributed by atoms with Gasteiger partial charge in [-0.25, -0.2) is 0 Å². The molecule has 2 N–H and O–H groups in total. The molecule has 0 rings (SSSR count). The first kappa shape index (κ1) is 27.2. The highest BCUT2D eigenvalue weighted by Gasteiger charge is 1.94. The highest BCUT2D eigenvalue weighted by Crippen LogP contribution is 2.08. The molecule has 0 fully saturated rings. The van der Waals surface area contributed by atoms with Crippen LogP contribution in [-0.2, 0) is 4.79 Å². The monoisotopic (exact) mass is 338 g/mol. The van der Waals surface area contributed by atoms with Gasteiger partial charge in [0.05, 0.1) is 0 Å². The van der Waals surface area contributed by atoms with Crippen molar-refractivity contribution >= 4 is 5.97 Å². The standard InChI is InChI=1S/C12H20O2.C8H14.CH4O/c1-10(2)6-4-7-11(3)8-5-9-12(13)14;1-4-5-6-7-8(2)3;1-2/h6,8H,4-5,7,9H2,1-3H3,(H,13,14);4-5H,2,6-7H2,1,3H3;2H,1H3/b11-8+;;. The highest BCUT2D eigenvalue weighted by molar-refractivity contribution is 5.66. The van der Waals surface area contributed by atoms with E-state index in [-0.39, 0.29) is 6.42 Å². The van der Waals surface area contributed by atoms with Crippen LogP contribution in [0.25, 0.3) is 0 Å². The second-order valence-electron chi connectivity index (χ2n) is 5.87. The Kier molecular flexibility index (Phi) is 24.3. The summed E-state index contributed by atoms with van der Waals surface area (Å²) in [7, 11) is 1.00. The lowest BCUT2D eigenvalue weighted by molar-refractivity contribution is -0.136. The van der Waals surface area contributed by atoms with Crippen LogP contribution < -0.4 is 0 Å². The fraction of sp³-hybridized carbons (Fsp3) is 0.571. The molecule has 0 radical (unpaired) electrons. The molecule has 0 aliphatic carbocycles. The predicted octanol–water partition coefficient (Wildman–Crippen LogP) is 6.07. The first-order valence-electron chi connectivity index (χ1n) is 8.50. The van der Waals surface area contributed by atoms with E-state index in [4.69, 9.17) is 10.2 Å². The van der Waals surface area contributed by atoms with Crippen molar-refractivity contribution in [3.63, 3.8) is 0 Å². The minimum absolute atomic E-state index is 0.236. The van der Waals surface area contributed by atoms with Gasteiger partial charge in [-0.2, -0.15) is 0 Å². The molecule has 0 aromatic carbocycles. The van der Waals surface area contributed by atoms with E-state index in [1.165, 1.54) is 16.7 Å². The van der Waals surface area contributed by atoms with E-state index >= 15 is 0 Å². The van der Waals surface area contributed by atoms with Crippen LogP contribution in [0.2, 0.25) is 0 Å². The zero-order chi connectivity index (χ0) is 19.4. The molecule has 0 aromatic rings. The summed E-state index contributed by atoms with van der Waals surface area (Å²) in [4.78, 5) is 10.2. The lowest BCUT2D eigenvalue weighted by Crippen LogP contribution is -1.92. The molecule has 24 heavy (non-hydrogen) atoms. The summed E-state index contributed by atoms with van der Waals surface area (Å²) >= 11 is 0. The van der Waals surface area contributed by atoms with Gasteiger partial charge in [-0.05, 0) is 66.7 Å². The maximum absolute atomic E-state index is 10.2. The maximum Gasteiger partial charge on any atom is 0.303 e. The van der Waals surface area contributed by atoms with Crippen molar-refractivity contribution < 1.29 is 15.0 Å². The van der Waals surface area contributed by atoms with E-state index in [9.17, 15) is 4.79 Å². The maximum atomic E-state index is 10.2. The smallest absolute Gasteiger partial charge is 0.303 e. The van der Waals surface area contributed by atoms with Gasteiger partial charge in [0.25, 0.3) is 0 Å². The van der Waals surface area contributed by atoms with Crippen molar-refractivity contribution in [3.8, 4) is 0 Å². The molecule has 0 unspecified atom stereocenters.